The molecule has 1 unspecified atom stereocenters. The van der Waals surface area contributed by atoms with E-state index < -0.39 is 18.0 Å². The minimum absolute atomic E-state index is 0.341. The van der Waals surface area contributed by atoms with Crippen LogP contribution in [0.5, 0.6) is 0 Å². The number of ether oxygens (including phenoxy) is 1. The Bertz CT molecular complexity index is 1280. The molecule has 7 heteroatoms. The second-order valence-electron chi connectivity index (χ2n) is 7.64. The number of imidazole rings is 1. The van der Waals surface area contributed by atoms with Crippen LogP contribution >= 0.6 is 0 Å². The zero-order chi connectivity index (χ0) is 22.7. The molecule has 0 radical (unpaired) electrons. The highest BCUT2D eigenvalue weighted by Crippen LogP contribution is 2.22. The SMILES string of the molecule is CCC(OC(=O)c1ccc2nc(-c3ccc(C)cc3)[nH]c2c1)C(=O)Nc1cccc(C)n1. The number of aromatic amines is 1. The number of fused-ring (bicyclic) bond motifs is 1. The number of carbonyl (C=O) groups excluding carboxylic acids is 2. The average Bonchev–Trinajstić information content (AvgIpc) is 3.21. The summed E-state index contributed by atoms with van der Waals surface area (Å²) in [5.74, 6) is 0.162. The fraction of sp³-hybridized carbons (Fsp3) is 0.200. The van der Waals surface area contributed by atoms with E-state index in [1.807, 2.05) is 44.2 Å². The fourth-order valence-electron chi connectivity index (χ4n) is 3.32. The van der Waals surface area contributed by atoms with Crippen LogP contribution in [0.15, 0.2) is 60.7 Å². The van der Waals surface area contributed by atoms with Gasteiger partial charge in [0.15, 0.2) is 6.10 Å². The van der Waals surface area contributed by atoms with Gasteiger partial charge < -0.3 is 15.0 Å². The quantitative estimate of drug-likeness (QED) is 0.429. The van der Waals surface area contributed by atoms with Crippen molar-refractivity contribution in [2.75, 3.05) is 5.32 Å². The summed E-state index contributed by atoms with van der Waals surface area (Å²) in [6.07, 6.45) is -0.585. The lowest BCUT2D eigenvalue weighted by molar-refractivity contribution is -0.124. The Kier molecular flexibility index (Phi) is 5.98. The van der Waals surface area contributed by atoms with E-state index in [1.54, 1.807) is 37.3 Å². The number of rotatable bonds is 6. The highest BCUT2D eigenvalue weighted by Gasteiger charge is 2.23. The fourth-order valence-corrected chi connectivity index (χ4v) is 3.32. The number of hydrogen-bond donors (Lipinski definition) is 2. The summed E-state index contributed by atoms with van der Waals surface area (Å²) in [5.41, 5.74) is 4.72. The Morgan fingerprint density at radius 3 is 2.53 bits per heavy atom. The maximum atomic E-state index is 12.7. The molecule has 0 bridgehead atoms. The van der Waals surface area contributed by atoms with Crippen molar-refractivity contribution in [1.82, 2.24) is 15.0 Å². The van der Waals surface area contributed by atoms with Gasteiger partial charge in [-0.05, 0) is 50.6 Å². The number of hydrogen-bond acceptors (Lipinski definition) is 5. The van der Waals surface area contributed by atoms with Gasteiger partial charge in [0.1, 0.15) is 11.6 Å². The summed E-state index contributed by atoms with van der Waals surface area (Å²) in [6, 6.07) is 18.5. The van der Waals surface area contributed by atoms with Gasteiger partial charge in [0.05, 0.1) is 16.6 Å². The maximum Gasteiger partial charge on any atom is 0.338 e. The predicted octanol–water partition coefficient (Wildman–Crippen LogP) is 4.82. The van der Waals surface area contributed by atoms with Crippen molar-refractivity contribution in [2.24, 2.45) is 0 Å². The lowest BCUT2D eigenvalue weighted by Crippen LogP contribution is -2.32. The van der Waals surface area contributed by atoms with E-state index in [1.165, 1.54) is 5.56 Å². The third-order valence-corrected chi connectivity index (χ3v) is 5.09. The van der Waals surface area contributed by atoms with E-state index in [0.717, 1.165) is 28.1 Å². The first-order valence-electron chi connectivity index (χ1n) is 10.4. The van der Waals surface area contributed by atoms with Crippen molar-refractivity contribution >= 4 is 28.7 Å². The number of benzene rings is 2. The second kappa shape index (κ2) is 9.01. The van der Waals surface area contributed by atoms with E-state index in [9.17, 15) is 9.59 Å². The predicted molar refractivity (Wildman–Crippen MR) is 123 cm³/mol. The van der Waals surface area contributed by atoms with Crippen LogP contribution < -0.4 is 5.32 Å². The Balaban J connectivity index is 1.49. The van der Waals surface area contributed by atoms with Crippen molar-refractivity contribution < 1.29 is 14.3 Å². The topological polar surface area (TPSA) is 97.0 Å². The van der Waals surface area contributed by atoms with Crippen LogP contribution in [0.1, 0.15) is 35.0 Å². The van der Waals surface area contributed by atoms with Crippen molar-refractivity contribution in [3.05, 3.63) is 77.5 Å². The largest absolute Gasteiger partial charge is 0.449 e. The Labute approximate surface area is 185 Å². The molecule has 7 nitrogen and oxygen atoms in total. The summed E-state index contributed by atoms with van der Waals surface area (Å²) in [6.45, 7) is 5.65. The zero-order valence-corrected chi connectivity index (χ0v) is 18.2. The first kappa shape index (κ1) is 21.2. The van der Waals surface area contributed by atoms with Gasteiger partial charge in [-0.25, -0.2) is 14.8 Å². The van der Waals surface area contributed by atoms with Crippen LogP contribution in [0.2, 0.25) is 0 Å². The highest BCUT2D eigenvalue weighted by molar-refractivity contribution is 5.98. The number of nitrogens with zero attached hydrogens (tertiary/aromatic N) is 2. The highest BCUT2D eigenvalue weighted by atomic mass is 16.5. The summed E-state index contributed by atoms with van der Waals surface area (Å²) in [5, 5.41) is 2.70. The van der Waals surface area contributed by atoms with Crippen molar-refractivity contribution in [2.45, 2.75) is 33.3 Å². The number of H-pyrrole nitrogens is 1. The molecule has 1 amide bonds. The molecule has 0 spiro atoms. The number of pyridine rings is 1. The van der Waals surface area contributed by atoms with E-state index in [4.69, 9.17) is 4.74 Å². The van der Waals surface area contributed by atoms with Crippen molar-refractivity contribution in [3.63, 3.8) is 0 Å². The van der Waals surface area contributed by atoms with E-state index in [0.29, 0.717) is 17.8 Å². The summed E-state index contributed by atoms with van der Waals surface area (Å²) in [7, 11) is 0. The first-order valence-corrected chi connectivity index (χ1v) is 10.4. The number of carbonyl (C=O) groups is 2. The van der Waals surface area contributed by atoms with Crippen LogP contribution in [0.3, 0.4) is 0 Å². The first-order chi connectivity index (χ1) is 15.4. The lowest BCUT2D eigenvalue weighted by atomic mass is 10.1. The van der Waals surface area contributed by atoms with Crippen molar-refractivity contribution in [1.29, 1.82) is 0 Å². The van der Waals surface area contributed by atoms with Gasteiger partial charge in [0, 0.05) is 11.3 Å². The van der Waals surface area contributed by atoms with Gasteiger partial charge in [-0.15, -0.1) is 0 Å². The van der Waals surface area contributed by atoms with Crippen LogP contribution in [0.25, 0.3) is 22.4 Å². The molecule has 162 valence electrons. The third-order valence-electron chi connectivity index (χ3n) is 5.09. The van der Waals surface area contributed by atoms with E-state index in [-0.39, 0.29) is 0 Å². The second-order valence-corrected chi connectivity index (χ2v) is 7.64. The normalized spacial score (nSPS) is 11.8. The molecule has 1 atom stereocenters. The Morgan fingerprint density at radius 2 is 1.81 bits per heavy atom. The van der Waals surface area contributed by atoms with Crippen LogP contribution in [-0.4, -0.2) is 32.9 Å². The lowest BCUT2D eigenvalue weighted by Gasteiger charge is -2.16. The van der Waals surface area contributed by atoms with Gasteiger partial charge in [0.25, 0.3) is 5.91 Å². The number of amides is 1. The van der Waals surface area contributed by atoms with Crippen LogP contribution in [-0.2, 0) is 9.53 Å². The van der Waals surface area contributed by atoms with Crippen LogP contribution in [0, 0.1) is 13.8 Å². The monoisotopic (exact) mass is 428 g/mol. The Hall–Kier alpha value is -4.00. The summed E-state index contributed by atoms with van der Waals surface area (Å²) < 4.78 is 5.49. The van der Waals surface area contributed by atoms with Gasteiger partial charge >= 0.3 is 5.97 Å². The molecule has 0 aliphatic rings. The molecule has 0 aliphatic carbocycles. The molecule has 2 aromatic carbocycles. The number of aromatic nitrogens is 3. The molecule has 0 aliphatic heterocycles. The van der Waals surface area contributed by atoms with E-state index >= 15 is 0 Å². The molecule has 2 aromatic heterocycles. The zero-order valence-electron chi connectivity index (χ0n) is 18.2. The average molecular weight is 428 g/mol. The van der Waals surface area contributed by atoms with Gasteiger partial charge in [0.2, 0.25) is 0 Å². The maximum absolute atomic E-state index is 12.7. The van der Waals surface area contributed by atoms with Crippen LogP contribution in [0.4, 0.5) is 5.82 Å². The third kappa shape index (κ3) is 4.67. The molecule has 0 saturated carbocycles. The molecule has 4 aromatic rings. The van der Waals surface area contributed by atoms with Gasteiger partial charge in [-0.2, -0.15) is 0 Å². The van der Waals surface area contributed by atoms with Gasteiger partial charge in [-0.3, -0.25) is 4.79 Å². The number of anilines is 1. The van der Waals surface area contributed by atoms with E-state index in [2.05, 4.69) is 20.3 Å². The molecular formula is C25H24N4O3. The molecule has 2 heterocycles. The Morgan fingerprint density at radius 1 is 1.03 bits per heavy atom. The van der Waals surface area contributed by atoms with Crippen molar-refractivity contribution in [3.8, 4) is 11.4 Å². The van der Waals surface area contributed by atoms with Gasteiger partial charge in [-0.1, -0.05) is 42.8 Å². The molecule has 4 rings (SSSR count). The smallest absolute Gasteiger partial charge is 0.338 e. The minimum atomic E-state index is -0.926. The molecule has 32 heavy (non-hydrogen) atoms. The number of aryl methyl sites for hydroxylation is 2. The molecule has 0 saturated heterocycles. The molecule has 0 fully saturated rings. The molecule has 2 N–H and O–H groups in total. The number of esters is 1. The number of nitrogens with one attached hydrogen (secondary N) is 2. The standard InChI is InChI=1S/C25H24N4O3/c1-4-21(24(30)29-22-7-5-6-16(3)26-22)32-25(31)18-12-13-19-20(14-18)28-23(27-19)17-10-8-15(2)9-11-17/h5-14,21H,4H2,1-3H3,(H,27,28)(H,26,29,30). The minimum Gasteiger partial charge on any atom is -0.449 e. The summed E-state index contributed by atoms with van der Waals surface area (Å²) in [4.78, 5) is 37.4. The molecular weight excluding hydrogens is 404 g/mol. The summed E-state index contributed by atoms with van der Waals surface area (Å²) >= 11 is 0.